The minimum atomic E-state index is -1.38. The second-order valence-corrected chi connectivity index (χ2v) is 3.24. The van der Waals surface area contributed by atoms with Crippen LogP contribution in [0.5, 0.6) is 0 Å². The third kappa shape index (κ3) is 1.82. The molecule has 0 spiro atoms. The normalized spacial score (nSPS) is 12.9. The Morgan fingerprint density at radius 3 is 3.07 bits per heavy atom. The molecule has 0 radical (unpaired) electrons. The molecule has 2 rings (SSSR count). The maximum Gasteiger partial charge on any atom is 0.332 e. The molecule has 0 aliphatic rings. The van der Waals surface area contributed by atoms with Crippen LogP contribution in [0.1, 0.15) is 5.69 Å². The number of aromatic nitrogens is 2. The number of aliphatic carboxylic acids is 1. The zero-order chi connectivity index (χ0) is 10.8. The predicted octanol–water partition coefficient (Wildman–Crippen LogP) is 0.322. The fourth-order valence-electron chi connectivity index (χ4n) is 1.42. The first-order chi connectivity index (χ1) is 7.18. The van der Waals surface area contributed by atoms with E-state index in [-0.39, 0.29) is 6.42 Å². The van der Waals surface area contributed by atoms with Crippen molar-refractivity contribution in [3.8, 4) is 0 Å². The van der Waals surface area contributed by atoms with Crippen LogP contribution in [0.4, 0.5) is 0 Å². The van der Waals surface area contributed by atoms with Crippen LogP contribution < -0.4 is 0 Å². The first kappa shape index (κ1) is 9.67. The van der Waals surface area contributed by atoms with E-state index in [1.807, 2.05) is 18.2 Å². The molecule has 0 amide bonds. The second kappa shape index (κ2) is 3.70. The fourth-order valence-corrected chi connectivity index (χ4v) is 1.42. The Balaban J connectivity index is 2.32. The van der Waals surface area contributed by atoms with E-state index in [1.165, 1.54) is 0 Å². The number of aliphatic hydroxyl groups excluding tert-OH is 1. The number of aliphatic hydroxyl groups is 1. The number of imidazole rings is 1. The molecule has 2 heterocycles. The summed E-state index contributed by atoms with van der Waals surface area (Å²) in [5.74, 6) is -1.22. The standard InChI is InChI=1S/C10H10N2O3/c13-8(10(14)15)5-7-6-11-9-3-1-2-4-12(7)9/h1-4,6,8,13H,5H2,(H,14,15). The van der Waals surface area contributed by atoms with Gasteiger partial charge in [0.05, 0.1) is 0 Å². The average molecular weight is 206 g/mol. The maximum atomic E-state index is 10.5. The molecule has 5 nitrogen and oxygen atoms in total. The van der Waals surface area contributed by atoms with Gasteiger partial charge in [-0.2, -0.15) is 0 Å². The van der Waals surface area contributed by atoms with E-state index in [0.29, 0.717) is 5.69 Å². The van der Waals surface area contributed by atoms with Gasteiger partial charge >= 0.3 is 5.97 Å². The molecule has 0 saturated carbocycles. The van der Waals surface area contributed by atoms with Crippen LogP contribution in [0.15, 0.2) is 30.6 Å². The van der Waals surface area contributed by atoms with Gasteiger partial charge in [-0.25, -0.2) is 9.78 Å². The third-order valence-corrected chi connectivity index (χ3v) is 2.18. The molecule has 2 aromatic heterocycles. The van der Waals surface area contributed by atoms with Gasteiger partial charge in [-0.05, 0) is 12.1 Å². The summed E-state index contributed by atoms with van der Waals surface area (Å²) in [6, 6.07) is 5.49. The van der Waals surface area contributed by atoms with Gasteiger partial charge in [0.2, 0.25) is 0 Å². The largest absolute Gasteiger partial charge is 0.479 e. The molecular weight excluding hydrogens is 196 g/mol. The fraction of sp³-hybridized carbons (Fsp3) is 0.200. The maximum absolute atomic E-state index is 10.5. The van der Waals surface area contributed by atoms with Crippen molar-refractivity contribution in [1.29, 1.82) is 0 Å². The van der Waals surface area contributed by atoms with Crippen molar-refractivity contribution >= 4 is 11.6 Å². The zero-order valence-electron chi connectivity index (χ0n) is 7.87. The van der Waals surface area contributed by atoms with E-state index in [2.05, 4.69) is 4.98 Å². The number of fused-ring (bicyclic) bond motifs is 1. The first-order valence-electron chi connectivity index (χ1n) is 4.50. The van der Waals surface area contributed by atoms with Crippen molar-refractivity contribution in [1.82, 2.24) is 9.38 Å². The molecule has 2 N–H and O–H groups in total. The molecule has 0 aromatic carbocycles. The van der Waals surface area contributed by atoms with E-state index < -0.39 is 12.1 Å². The number of rotatable bonds is 3. The highest BCUT2D eigenvalue weighted by Gasteiger charge is 2.15. The van der Waals surface area contributed by atoms with Gasteiger partial charge < -0.3 is 14.6 Å². The molecule has 1 atom stereocenters. The van der Waals surface area contributed by atoms with Crippen LogP contribution in [0.3, 0.4) is 0 Å². The summed E-state index contributed by atoms with van der Waals surface area (Å²) in [4.78, 5) is 14.6. The van der Waals surface area contributed by atoms with Gasteiger partial charge in [0.25, 0.3) is 0 Å². The van der Waals surface area contributed by atoms with Crippen molar-refractivity contribution in [3.63, 3.8) is 0 Å². The molecule has 0 saturated heterocycles. The van der Waals surface area contributed by atoms with Gasteiger partial charge in [-0.15, -0.1) is 0 Å². The molecule has 0 aliphatic carbocycles. The van der Waals surface area contributed by atoms with Crippen molar-refractivity contribution in [2.75, 3.05) is 0 Å². The number of hydrogen-bond donors (Lipinski definition) is 2. The first-order valence-corrected chi connectivity index (χ1v) is 4.50. The minimum absolute atomic E-state index is 0.0561. The highest BCUT2D eigenvalue weighted by molar-refractivity contribution is 5.72. The monoisotopic (exact) mass is 206 g/mol. The van der Waals surface area contributed by atoms with E-state index in [4.69, 9.17) is 5.11 Å². The molecule has 0 aliphatic heterocycles. The van der Waals surface area contributed by atoms with Crippen LogP contribution in [-0.2, 0) is 11.2 Å². The van der Waals surface area contributed by atoms with Gasteiger partial charge in [0, 0.05) is 24.5 Å². The van der Waals surface area contributed by atoms with Crippen molar-refractivity contribution in [2.24, 2.45) is 0 Å². The van der Waals surface area contributed by atoms with Crippen LogP contribution in [-0.4, -0.2) is 31.7 Å². The quantitative estimate of drug-likeness (QED) is 0.758. The van der Waals surface area contributed by atoms with Crippen LogP contribution >= 0.6 is 0 Å². The lowest BCUT2D eigenvalue weighted by Crippen LogP contribution is -2.22. The number of pyridine rings is 1. The zero-order valence-corrected chi connectivity index (χ0v) is 7.87. The van der Waals surface area contributed by atoms with Crippen molar-refractivity contribution < 1.29 is 15.0 Å². The lowest BCUT2D eigenvalue weighted by Gasteiger charge is -2.04. The Labute approximate surface area is 85.6 Å². The minimum Gasteiger partial charge on any atom is -0.479 e. The Kier molecular flexibility index (Phi) is 2.39. The summed E-state index contributed by atoms with van der Waals surface area (Å²) >= 11 is 0. The summed E-state index contributed by atoms with van der Waals surface area (Å²) in [6.45, 7) is 0. The molecule has 15 heavy (non-hydrogen) atoms. The van der Waals surface area contributed by atoms with E-state index in [0.717, 1.165) is 5.65 Å². The number of carboxylic acids is 1. The van der Waals surface area contributed by atoms with E-state index in [9.17, 15) is 9.90 Å². The lowest BCUT2D eigenvalue weighted by atomic mass is 10.2. The molecule has 0 bridgehead atoms. The second-order valence-electron chi connectivity index (χ2n) is 3.24. The lowest BCUT2D eigenvalue weighted by molar-refractivity contribution is -0.146. The third-order valence-electron chi connectivity index (χ3n) is 2.18. The van der Waals surface area contributed by atoms with Crippen molar-refractivity contribution in [2.45, 2.75) is 12.5 Å². The van der Waals surface area contributed by atoms with Gasteiger partial charge in [0.15, 0.2) is 6.10 Å². The van der Waals surface area contributed by atoms with Gasteiger partial charge in [0.1, 0.15) is 5.65 Å². The summed E-state index contributed by atoms with van der Waals surface area (Å²) in [6.07, 6.45) is 2.03. The van der Waals surface area contributed by atoms with E-state index in [1.54, 1.807) is 16.8 Å². The number of nitrogens with zero attached hydrogens (tertiary/aromatic N) is 2. The van der Waals surface area contributed by atoms with Crippen LogP contribution in [0.25, 0.3) is 5.65 Å². The predicted molar refractivity (Wildman–Crippen MR) is 52.5 cm³/mol. The molecule has 2 aromatic rings. The smallest absolute Gasteiger partial charge is 0.332 e. The highest BCUT2D eigenvalue weighted by Crippen LogP contribution is 2.08. The number of carbonyl (C=O) groups is 1. The Hall–Kier alpha value is -1.88. The topological polar surface area (TPSA) is 74.8 Å². The van der Waals surface area contributed by atoms with Crippen molar-refractivity contribution in [3.05, 3.63) is 36.3 Å². The molecular formula is C10H10N2O3. The molecule has 78 valence electrons. The average Bonchev–Trinajstić information content (AvgIpc) is 2.62. The Morgan fingerprint density at radius 2 is 2.33 bits per heavy atom. The Bertz CT molecular complexity index is 492. The summed E-state index contributed by atoms with van der Waals surface area (Å²) in [5, 5.41) is 17.8. The highest BCUT2D eigenvalue weighted by atomic mass is 16.4. The molecule has 5 heteroatoms. The summed E-state index contributed by atoms with van der Waals surface area (Å²) in [7, 11) is 0. The SMILES string of the molecule is O=C(O)C(O)Cc1cnc2ccccn12. The van der Waals surface area contributed by atoms with Gasteiger partial charge in [-0.1, -0.05) is 6.07 Å². The molecule has 0 fully saturated rings. The van der Waals surface area contributed by atoms with Crippen LogP contribution in [0.2, 0.25) is 0 Å². The van der Waals surface area contributed by atoms with E-state index >= 15 is 0 Å². The summed E-state index contributed by atoms with van der Waals surface area (Å²) < 4.78 is 1.76. The van der Waals surface area contributed by atoms with Gasteiger partial charge in [-0.3, -0.25) is 0 Å². The number of carboxylic acid groups (broad SMARTS) is 1. The van der Waals surface area contributed by atoms with Crippen LogP contribution in [0, 0.1) is 0 Å². The number of hydrogen-bond acceptors (Lipinski definition) is 3. The summed E-state index contributed by atoms with van der Waals surface area (Å²) in [5.41, 5.74) is 1.42. The Morgan fingerprint density at radius 1 is 1.53 bits per heavy atom. The molecule has 1 unspecified atom stereocenters.